The van der Waals surface area contributed by atoms with Crippen molar-refractivity contribution in [2.45, 2.75) is 26.4 Å². The maximum atomic E-state index is 11.5. The average molecular weight is 286 g/mol. The van der Waals surface area contributed by atoms with Crippen LogP contribution < -0.4 is 10.2 Å². The average Bonchev–Trinajstić information content (AvgIpc) is 2.36. The SMILES string of the molecule is CCS(=O)(=O)C[C@H](C)NCc1ccnc(N(C)C)n1. The van der Waals surface area contributed by atoms with Crippen LogP contribution in [0.4, 0.5) is 5.95 Å². The van der Waals surface area contributed by atoms with Crippen LogP contribution in [-0.2, 0) is 16.4 Å². The second kappa shape index (κ2) is 6.81. The van der Waals surface area contributed by atoms with Gasteiger partial charge in [0.25, 0.3) is 0 Å². The van der Waals surface area contributed by atoms with E-state index in [1.807, 2.05) is 32.0 Å². The van der Waals surface area contributed by atoms with E-state index in [0.29, 0.717) is 12.5 Å². The first-order chi connectivity index (χ1) is 8.84. The summed E-state index contributed by atoms with van der Waals surface area (Å²) in [5.74, 6) is 0.972. The van der Waals surface area contributed by atoms with E-state index in [4.69, 9.17) is 0 Å². The first-order valence-corrected chi connectivity index (χ1v) is 8.09. The van der Waals surface area contributed by atoms with Gasteiger partial charge in [-0.05, 0) is 13.0 Å². The minimum Gasteiger partial charge on any atom is -0.347 e. The molecule has 1 N–H and O–H groups in total. The van der Waals surface area contributed by atoms with E-state index in [2.05, 4.69) is 15.3 Å². The smallest absolute Gasteiger partial charge is 0.225 e. The van der Waals surface area contributed by atoms with Crippen molar-refractivity contribution in [3.05, 3.63) is 18.0 Å². The van der Waals surface area contributed by atoms with Crippen molar-refractivity contribution in [3.63, 3.8) is 0 Å². The van der Waals surface area contributed by atoms with Crippen molar-refractivity contribution in [1.82, 2.24) is 15.3 Å². The Bertz CT molecular complexity index is 502. The van der Waals surface area contributed by atoms with Gasteiger partial charge in [0.15, 0.2) is 9.84 Å². The lowest BCUT2D eigenvalue weighted by atomic mass is 10.3. The van der Waals surface area contributed by atoms with Gasteiger partial charge in [-0.3, -0.25) is 0 Å². The van der Waals surface area contributed by atoms with E-state index in [1.165, 1.54) is 0 Å². The van der Waals surface area contributed by atoms with E-state index in [-0.39, 0.29) is 17.5 Å². The minimum atomic E-state index is -2.95. The molecule has 0 aliphatic rings. The molecule has 0 spiro atoms. The number of sulfone groups is 1. The lowest BCUT2D eigenvalue weighted by Gasteiger charge is -2.14. The zero-order valence-electron chi connectivity index (χ0n) is 11.9. The fraction of sp³-hybridized carbons (Fsp3) is 0.667. The number of nitrogens with zero attached hydrogens (tertiary/aromatic N) is 3. The van der Waals surface area contributed by atoms with Gasteiger partial charge in [-0.25, -0.2) is 18.4 Å². The Morgan fingerprint density at radius 2 is 2.11 bits per heavy atom. The molecule has 0 saturated heterocycles. The quantitative estimate of drug-likeness (QED) is 0.784. The zero-order valence-corrected chi connectivity index (χ0v) is 12.7. The van der Waals surface area contributed by atoms with Gasteiger partial charge in [-0.2, -0.15) is 0 Å². The number of rotatable bonds is 7. The molecule has 7 heteroatoms. The molecule has 0 aliphatic carbocycles. The summed E-state index contributed by atoms with van der Waals surface area (Å²) in [5.41, 5.74) is 0.847. The summed E-state index contributed by atoms with van der Waals surface area (Å²) in [6.45, 7) is 4.06. The van der Waals surface area contributed by atoms with Gasteiger partial charge in [0.2, 0.25) is 5.95 Å². The Morgan fingerprint density at radius 1 is 1.42 bits per heavy atom. The van der Waals surface area contributed by atoms with Crippen LogP contribution in [0.3, 0.4) is 0 Å². The van der Waals surface area contributed by atoms with Crippen LogP contribution in [0, 0.1) is 0 Å². The summed E-state index contributed by atoms with van der Waals surface area (Å²) in [4.78, 5) is 10.3. The largest absolute Gasteiger partial charge is 0.347 e. The van der Waals surface area contributed by atoms with Crippen molar-refractivity contribution in [3.8, 4) is 0 Å². The van der Waals surface area contributed by atoms with E-state index in [1.54, 1.807) is 13.1 Å². The van der Waals surface area contributed by atoms with Crippen molar-refractivity contribution >= 4 is 15.8 Å². The Kier molecular flexibility index (Phi) is 5.68. The Hall–Kier alpha value is -1.21. The summed E-state index contributed by atoms with van der Waals surface area (Å²) in [6, 6.07) is 1.73. The van der Waals surface area contributed by atoms with Gasteiger partial charge in [0, 0.05) is 38.6 Å². The highest BCUT2D eigenvalue weighted by Gasteiger charge is 2.13. The standard InChI is InChI=1S/C12H22N4O2S/c1-5-19(17,18)9-10(2)14-8-11-6-7-13-12(15-11)16(3)4/h6-7,10,14H,5,8-9H2,1-4H3/t10-/m0/s1. The molecule has 1 aromatic rings. The van der Waals surface area contributed by atoms with E-state index < -0.39 is 9.84 Å². The highest BCUT2D eigenvalue weighted by atomic mass is 32.2. The monoisotopic (exact) mass is 286 g/mol. The molecule has 6 nitrogen and oxygen atoms in total. The third kappa shape index (κ3) is 5.52. The van der Waals surface area contributed by atoms with Crippen molar-refractivity contribution in [2.24, 2.45) is 0 Å². The summed E-state index contributed by atoms with van der Waals surface area (Å²) in [7, 11) is 0.808. The van der Waals surface area contributed by atoms with Crippen molar-refractivity contribution in [1.29, 1.82) is 0 Å². The summed E-state index contributed by atoms with van der Waals surface area (Å²) >= 11 is 0. The lowest BCUT2D eigenvalue weighted by Crippen LogP contribution is -2.33. The number of anilines is 1. The normalized spacial score (nSPS) is 13.3. The molecule has 0 radical (unpaired) electrons. The van der Waals surface area contributed by atoms with Crippen LogP contribution in [-0.4, -0.2) is 50.0 Å². The molecule has 1 heterocycles. The Morgan fingerprint density at radius 3 is 2.68 bits per heavy atom. The molecule has 0 aromatic carbocycles. The van der Waals surface area contributed by atoms with Gasteiger partial charge >= 0.3 is 0 Å². The van der Waals surface area contributed by atoms with Gasteiger partial charge in [0.05, 0.1) is 11.4 Å². The fourth-order valence-electron chi connectivity index (χ4n) is 1.53. The molecular weight excluding hydrogens is 264 g/mol. The first-order valence-electron chi connectivity index (χ1n) is 6.27. The van der Waals surface area contributed by atoms with E-state index in [9.17, 15) is 8.42 Å². The maximum Gasteiger partial charge on any atom is 0.225 e. The van der Waals surface area contributed by atoms with E-state index >= 15 is 0 Å². The lowest BCUT2D eigenvalue weighted by molar-refractivity contribution is 0.553. The summed E-state index contributed by atoms with van der Waals surface area (Å²) < 4.78 is 23.0. The topological polar surface area (TPSA) is 75.2 Å². The molecule has 0 amide bonds. The Labute approximate surface area is 115 Å². The molecule has 0 saturated carbocycles. The number of aromatic nitrogens is 2. The minimum absolute atomic E-state index is 0.0947. The molecule has 1 rings (SSSR count). The van der Waals surface area contributed by atoms with Crippen LogP contribution in [0.15, 0.2) is 12.3 Å². The van der Waals surface area contributed by atoms with Crippen LogP contribution in [0.2, 0.25) is 0 Å². The highest BCUT2D eigenvalue weighted by Crippen LogP contribution is 2.04. The molecule has 19 heavy (non-hydrogen) atoms. The molecule has 108 valence electrons. The molecule has 0 bridgehead atoms. The molecule has 0 fully saturated rings. The van der Waals surface area contributed by atoms with Crippen molar-refractivity contribution in [2.75, 3.05) is 30.5 Å². The molecule has 1 aromatic heterocycles. The zero-order chi connectivity index (χ0) is 14.5. The molecule has 0 aliphatic heterocycles. The van der Waals surface area contributed by atoms with Gasteiger partial charge in [-0.15, -0.1) is 0 Å². The predicted molar refractivity (Wildman–Crippen MR) is 77.0 cm³/mol. The number of hydrogen-bond acceptors (Lipinski definition) is 6. The van der Waals surface area contributed by atoms with Gasteiger partial charge in [-0.1, -0.05) is 6.92 Å². The summed E-state index contributed by atoms with van der Waals surface area (Å²) in [5, 5.41) is 3.17. The second-order valence-corrected chi connectivity index (χ2v) is 7.12. The molecule has 1 atom stereocenters. The maximum absolute atomic E-state index is 11.5. The third-order valence-electron chi connectivity index (χ3n) is 2.68. The van der Waals surface area contributed by atoms with Crippen LogP contribution in [0.5, 0.6) is 0 Å². The highest BCUT2D eigenvalue weighted by molar-refractivity contribution is 7.91. The second-order valence-electron chi connectivity index (χ2n) is 4.72. The third-order valence-corrected chi connectivity index (χ3v) is 4.56. The Balaban J connectivity index is 2.55. The molecular formula is C12H22N4O2S. The number of nitrogens with one attached hydrogen (secondary N) is 1. The fourth-order valence-corrected chi connectivity index (χ4v) is 2.65. The van der Waals surface area contributed by atoms with Gasteiger partial charge < -0.3 is 10.2 Å². The predicted octanol–water partition coefficient (Wildman–Crippen LogP) is 0.455. The first kappa shape index (κ1) is 15.8. The van der Waals surface area contributed by atoms with Crippen LogP contribution >= 0.6 is 0 Å². The molecule has 0 unspecified atom stereocenters. The van der Waals surface area contributed by atoms with Crippen LogP contribution in [0.1, 0.15) is 19.5 Å². The van der Waals surface area contributed by atoms with Crippen molar-refractivity contribution < 1.29 is 8.42 Å². The van der Waals surface area contributed by atoms with Crippen LogP contribution in [0.25, 0.3) is 0 Å². The van der Waals surface area contributed by atoms with Gasteiger partial charge in [0.1, 0.15) is 0 Å². The number of hydrogen-bond donors (Lipinski definition) is 1. The van der Waals surface area contributed by atoms with E-state index in [0.717, 1.165) is 5.69 Å². The summed E-state index contributed by atoms with van der Waals surface area (Å²) in [6.07, 6.45) is 1.70.